The second kappa shape index (κ2) is 12.4. The zero-order chi connectivity index (χ0) is 28.2. The third kappa shape index (κ3) is 7.51. The van der Waals surface area contributed by atoms with Crippen LogP contribution in [0.5, 0.6) is 0 Å². The van der Waals surface area contributed by atoms with Crippen LogP contribution < -0.4 is 0 Å². The van der Waals surface area contributed by atoms with Crippen molar-refractivity contribution < 1.29 is 27.2 Å². The lowest BCUT2D eigenvalue weighted by Crippen LogP contribution is -2.56. The molecule has 2 aromatic carbocycles. The molecule has 210 valence electrons. The molecule has 1 heterocycles. The number of hydrogen-bond donors (Lipinski definition) is 0. The van der Waals surface area contributed by atoms with Gasteiger partial charge < -0.3 is 9.80 Å². The lowest BCUT2D eigenvalue weighted by Gasteiger charge is -2.37. The Morgan fingerprint density at radius 3 is 2.26 bits per heavy atom. The third-order valence-electron chi connectivity index (χ3n) is 7.76. The summed E-state index contributed by atoms with van der Waals surface area (Å²) < 4.78 is 38.3. The van der Waals surface area contributed by atoms with E-state index in [1.165, 1.54) is 21.3 Å². The summed E-state index contributed by atoms with van der Waals surface area (Å²) >= 11 is 0. The van der Waals surface area contributed by atoms with E-state index in [1.807, 2.05) is 6.07 Å². The fourth-order valence-electron chi connectivity index (χ4n) is 5.34. The molecule has 3 atom stereocenters. The molecule has 2 aromatic rings. The topological polar surface area (TPSA) is 95.1 Å². The van der Waals surface area contributed by atoms with Crippen molar-refractivity contribution in [2.24, 2.45) is 5.92 Å². The van der Waals surface area contributed by atoms with Crippen molar-refractivity contribution in [3.05, 3.63) is 71.5 Å². The molecule has 0 N–H and O–H groups in total. The molecule has 0 unspecified atom stereocenters. The molecule has 2 amide bonds. The first-order valence-corrected chi connectivity index (χ1v) is 15.2. The van der Waals surface area contributed by atoms with Gasteiger partial charge in [-0.1, -0.05) is 30.3 Å². The SMILES string of the molecule is CN(C(=O)c1ccccc1)[C@@H](CCCC(=O)C[C@@H]1C[C@H]1c1ccc(F)cc1)C(=O)N1CCN(S(C)(=O)=O)CC1. The van der Waals surface area contributed by atoms with Gasteiger partial charge in [0, 0.05) is 51.6 Å². The van der Waals surface area contributed by atoms with Crippen LogP contribution >= 0.6 is 0 Å². The fourth-order valence-corrected chi connectivity index (χ4v) is 6.16. The van der Waals surface area contributed by atoms with E-state index in [-0.39, 0.29) is 61.4 Å². The minimum Gasteiger partial charge on any atom is -0.338 e. The fraction of sp³-hybridized carbons (Fsp3) is 0.483. The van der Waals surface area contributed by atoms with Crippen molar-refractivity contribution in [1.29, 1.82) is 0 Å². The van der Waals surface area contributed by atoms with Gasteiger partial charge in [0.05, 0.1) is 6.26 Å². The number of hydrogen-bond acceptors (Lipinski definition) is 5. The van der Waals surface area contributed by atoms with Crippen LogP contribution in [0.25, 0.3) is 0 Å². The molecule has 1 saturated carbocycles. The Labute approximate surface area is 229 Å². The van der Waals surface area contributed by atoms with Gasteiger partial charge in [0.1, 0.15) is 17.6 Å². The van der Waals surface area contributed by atoms with E-state index in [1.54, 1.807) is 48.3 Å². The quantitative estimate of drug-likeness (QED) is 0.423. The van der Waals surface area contributed by atoms with Crippen LogP contribution in [0.3, 0.4) is 0 Å². The molecule has 0 bridgehead atoms. The summed E-state index contributed by atoms with van der Waals surface area (Å²) in [6.07, 6.45) is 3.61. The average molecular weight is 558 g/mol. The number of amides is 2. The molecule has 0 radical (unpaired) electrons. The van der Waals surface area contributed by atoms with Crippen molar-refractivity contribution in [2.45, 2.75) is 44.1 Å². The Bertz CT molecular complexity index is 1280. The van der Waals surface area contributed by atoms with Gasteiger partial charge in [0.15, 0.2) is 0 Å². The van der Waals surface area contributed by atoms with Crippen molar-refractivity contribution in [2.75, 3.05) is 39.5 Å². The number of likely N-dealkylation sites (N-methyl/N-ethyl adjacent to an activating group) is 1. The maximum absolute atomic E-state index is 13.6. The molecule has 2 aliphatic rings. The number of carbonyl (C=O) groups excluding carboxylic acids is 3. The highest BCUT2D eigenvalue weighted by atomic mass is 32.2. The Balaban J connectivity index is 1.35. The number of halogens is 1. The van der Waals surface area contributed by atoms with Crippen molar-refractivity contribution in [3.63, 3.8) is 0 Å². The highest BCUT2D eigenvalue weighted by Crippen LogP contribution is 2.49. The van der Waals surface area contributed by atoms with Gasteiger partial charge in [-0.15, -0.1) is 0 Å². The standard InChI is InChI=1S/C29H36FN3O5S/c1-31(28(35)22-7-4-3-5-8-22)27(29(36)32-15-17-33(18-16-32)39(2,37)38)10-6-9-25(34)19-23-20-26(23)21-11-13-24(30)14-12-21/h3-5,7-8,11-14,23,26-27H,6,9-10,15-20H2,1-2H3/t23-,26+,27+/m1/s1. The summed E-state index contributed by atoms with van der Waals surface area (Å²) in [7, 11) is -1.74. The van der Waals surface area contributed by atoms with Crippen LogP contribution in [0.1, 0.15) is 53.9 Å². The van der Waals surface area contributed by atoms with E-state index in [0.29, 0.717) is 31.2 Å². The smallest absolute Gasteiger partial charge is 0.254 e. The monoisotopic (exact) mass is 557 g/mol. The minimum absolute atomic E-state index is 0.120. The number of carbonyl (C=O) groups is 3. The van der Waals surface area contributed by atoms with Gasteiger partial charge in [-0.25, -0.2) is 12.8 Å². The van der Waals surface area contributed by atoms with Crippen LogP contribution in [0.4, 0.5) is 4.39 Å². The lowest BCUT2D eigenvalue weighted by atomic mass is 10.0. The average Bonchev–Trinajstić information content (AvgIpc) is 3.69. The van der Waals surface area contributed by atoms with Gasteiger partial charge in [-0.3, -0.25) is 14.4 Å². The maximum Gasteiger partial charge on any atom is 0.254 e. The van der Waals surface area contributed by atoms with Crippen LogP contribution in [0.15, 0.2) is 54.6 Å². The highest BCUT2D eigenvalue weighted by molar-refractivity contribution is 7.88. The zero-order valence-electron chi connectivity index (χ0n) is 22.5. The molecular formula is C29H36FN3O5S. The molecule has 10 heteroatoms. The summed E-state index contributed by atoms with van der Waals surface area (Å²) in [5, 5.41) is 0. The second-order valence-corrected chi connectivity index (χ2v) is 12.6. The number of sulfonamides is 1. The molecule has 1 saturated heterocycles. The largest absolute Gasteiger partial charge is 0.338 e. The van der Waals surface area contributed by atoms with Crippen LogP contribution in [0.2, 0.25) is 0 Å². The van der Waals surface area contributed by atoms with E-state index < -0.39 is 16.1 Å². The Morgan fingerprint density at radius 1 is 1.00 bits per heavy atom. The highest BCUT2D eigenvalue weighted by Gasteiger charge is 2.39. The Morgan fingerprint density at radius 2 is 1.64 bits per heavy atom. The van der Waals surface area contributed by atoms with Gasteiger partial charge in [0.2, 0.25) is 15.9 Å². The van der Waals surface area contributed by atoms with Crippen LogP contribution in [-0.4, -0.2) is 85.6 Å². The lowest BCUT2D eigenvalue weighted by molar-refractivity contribution is -0.137. The summed E-state index contributed by atoms with van der Waals surface area (Å²) in [6.45, 7) is 0.924. The second-order valence-electron chi connectivity index (χ2n) is 10.6. The van der Waals surface area contributed by atoms with Gasteiger partial charge in [-0.2, -0.15) is 4.31 Å². The van der Waals surface area contributed by atoms with Gasteiger partial charge in [-0.05, 0) is 60.9 Å². The van der Waals surface area contributed by atoms with Crippen LogP contribution in [0, 0.1) is 11.7 Å². The van der Waals surface area contributed by atoms with E-state index >= 15 is 0 Å². The summed E-state index contributed by atoms with van der Waals surface area (Å²) in [5.41, 5.74) is 1.52. The van der Waals surface area contributed by atoms with Gasteiger partial charge in [0.25, 0.3) is 5.91 Å². The first-order chi connectivity index (χ1) is 18.5. The van der Waals surface area contributed by atoms with Gasteiger partial charge >= 0.3 is 0 Å². The summed E-state index contributed by atoms with van der Waals surface area (Å²) in [6, 6.07) is 14.4. The number of benzene rings is 2. The predicted molar refractivity (Wildman–Crippen MR) is 146 cm³/mol. The normalized spacial score (nSPS) is 20.3. The predicted octanol–water partition coefficient (Wildman–Crippen LogP) is 3.30. The van der Waals surface area contributed by atoms with Crippen LogP contribution in [-0.2, 0) is 19.6 Å². The summed E-state index contributed by atoms with van der Waals surface area (Å²) in [5.74, 6) is -0.132. The van der Waals surface area contributed by atoms with Crippen molar-refractivity contribution in [3.8, 4) is 0 Å². The maximum atomic E-state index is 13.6. The molecular weight excluding hydrogens is 521 g/mol. The van der Waals surface area contributed by atoms with E-state index in [4.69, 9.17) is 0 Å². The molecule has 2 fully saturated rings. The Hall–Kier alpha value is -3.11. The molecule has 4 rings (SSSR count). The van der Waals surface area contributed by atoms with E-state index in [9.17, 15) is 27.2 Å². The number of ketones is 1. The molecule has 1 aliphatic heterocycles. The first kappa shape index (κ1) is 28.9. The molecule has 1 aliphatic carbocycles. The molecule has 0 aromatic heterocycles. The number of rotatable bonds is 11. The number of nitrogens with zero attached hydrogens (tertiary/aromatic N) is 3. The zero-order valence-corrected chi connectivity index (χ0v) is 23.3. The minimum atomic E-state index is -3.34. The third-order valence-corrected chi connectivity index (χ3v) is 9.06. The Kier molecular flexibility index (Phi) is 9.17. The number of Topliss-reactive ketones (excluding diaryl/α,β-unsaturated/α-hetero) is 1. The molecule has 0 spiro atoms. The summed E-state index contributed by atoms with van der Waals surface area (Å²) in [4.78, 5) is 42.5. The van der Waals surface area contributed by atoms with Crippen molar-refractivity contribution >= 4 is 27.6 Å². The first-order valence-electron chi connectivity index (χ1n) is 13.4. The van der Waals surface area contributed by atoms with Crippen molar-refractivity contribution in [1.82, 2.24) is 14.1 Å². The van der Waals surface area contributed by atoms with E-state index in [0.717, 1.165) is 18.2 Å². The van der Waals surface area contributed by atoms with E-state index in [2.05, 4.69) is 0 Å². The number of piperazine rings is 1. The molecule has 8 nitrogen and oxygen atoms in total. The molecule has 39 heavy (non-hydrogen) atoms.